The van der Waals surface area contributed by atoms with Gasteiger partial charge in [-0.05, 0) is 35.9 Å². The van der Waals surface area contributed by atoms with Crippen LogP contribution < -0.4 is 4.74 Å². The lowest BCUT2D eigenvalue weighted by molar-refractivity contribution is 0.308. The van der Waals surface area contributed by atoms with E-state index in [9.17, 15) is 0 Å². The number of imidazole rings is 1. The topological polar surface area (TPSA) is 27.1 Å². The van der Waals surface area contributed by atoms with E-state index in [4.69, 9.17) is 51.1 Å². The minimum Gasteiger partial charge on any atom is -0.491 e. The van der Waals surface area contributed by atoms with Crippen molar-refractivity contribution in [1.82, 2.24) is 9.55 Å². The lowest BCUT2D eigenvalue weighted by Crippen LogP contribution is -2.21. The van der Waals surface area contributed by atoms with E-state index in [-0.39, 0.29) is 5.25 Å². The Morgan fingerprint density at radius 2 is 1.74 bits per heavy atom. The summed E-state index contributed by atoms with van der Waals surface area (Å²) < 4.78 is 7.96. The van der Waals surface area contributed by atoms with Crippen LogP contribution in [0.1, 0.15) is 5.56 Å². The van der Waals surface area contributed by atoms with Gasteiger partial charge in [-0.15, -0.1) is 11.8 Å². The van der Waals surface area contributed by atoms with E-state index in [1.54, 1.807) is 48.6 Å². The van der Waals surface area contributed by atoms with E-state index >= 15 is 0 Å². The minimum atomic E-state index is 0.165. The first kappa shape index (κ1) is 20.7. The van der Waals surface area contributed by atoms with Crippen molar-refractivity contribution in [2.45, 2.75) is 17.5 Å². The van der Waals surface area contributed by atoms with Crippen LogP contribution in [-0.2, 0) is 12.3 Å². The number of nitrogens with zero attached hydrogens (tertiary/aromatic N) is 2. The van der Waals surface area contributed by atoms with Gasteiger partial charge in [-0.2, -0.15) is 0 Å². The lowest BCUT2D eigenvalue weighted by Gasteiger charge is -2.19. The number of hydrogen-bond donors (Lipinski definition) is 0. The Morgan fingerprint density at radius 1 is 1.00 bits per heavy atom. The summed E-state index contributed by atoms with van der Waals surface area (Å²) in [7, 11) is 0. The third-order valence-electron chi connectivity index (χ3n) is 3.78. The molecule has 1 atom stereocenters. The molecule has 0 aliphatic heterocycles. The number of rotatable bonds is 8. The maximum absolute atomic E-state index is 6.29. The van der Waals surface area contributed by atoms with Crippen LogP contribution in [0.25, 0.3) is 0 Å². The Bertz CT molecular complexity index is 834. The molecule has 2 aromatic carbocycles. The van der Waals surface area contributed by atoms with Crippen LogP contribution in [0, 0.1) is 0 Å². The van der Waals surface area contributed by atoms with Crippen LogP contribution >= 0.6 is 58.2 Å². The van der Waals surface area contributed by atoms with Crippen LogP contribution in [0.15, 0.2) is 55.1 Å². The Labute approximate surface area is 182 Å². The molecule has 0 saturated heterocycles. The summed E-state index contributed by atoms with van der Waals surface area (Å²) in [5.41, 5.74) is 1.03. The molecule has 0 aliphatic rings. The van der Waals surface area contributed by atoms with Gasteiger partial charge in [0.2, 0.25) is 0 Å². The zero-order valence-electron chi connectivity index (χ0n) is 14.1. The van der Waals surface area contributed by atoms with Crippen LogP contribution in [0.3, 0.4) is 0 Å². The van der Waals surface area contributed by atoms with Crippen molar-refractivity contribution in [2.75, 3.05) is 6.61 Å². The molecule has 0 bridgehead atoms. The molecule has 0 radical (unpaired) electrons. The van der Waals surface area contributed by atoms with Crippen molar-refractivity contribution < 1.29 is 4.74 Å². The molecule has 1 aromatic heterocycles. The Morgan fingerprint density at radius 3 is 2.41 bits per heavy atom. The van der Waals surface area contributed by atoms with Gasteiger partial charge in [-0.1, -0.05) is 52.5 Å². The Kier molecular flexibility index (Phi) is 7.62. The summed E-state index contributed by atoms with van der Waals surface area (Å²) in [5, 5.41) is 2.53. The molecule has 3 rings (SSSR count). The average Bonchev–Trinajstić information content (AvgIpc) is 3.13. The van der Waals surface area contributed by atoms with Gasteiger partial charge in [0.05, 0.1) is 16.6 Å². The number of benzene rings is 2. The van der Waals surface area contributed by atoms with Crippen molar-refractivity contribution in [3.8, 4) is 5.75 Å². The molecule has 0 aliphatic carbocycles. The van der Waals surface area contributed by atoms with Crippen molar-refractivity contribution >= 4 is 58.2 Å². The second kappa shape index (κ2) is 9.94. The second-order valence-electron chi connectivity index (χ2n) is 5.81. The highest BCUT2D eigenvalue weighted by atomic mass is 35.5. The first-order chi connectivity index (χ1) is 13.0. The van der Waals surface area contributed by atoms with E-state index in [0.29, 0.717) is 32.4 Å². The first-order valence-electron chi connectivity index (χ1n) is 8.10. The summed E-state index contributed by atoms with van der Waals surface area (Å²) in [4.78, 5) is 4.10. The largest absolute Gasteiger partial charge is 0.491 e. The summed E-state index contributed by atoms with van der Waals surface area (Å²) in [6, 6.07) is 10.8. The molecule has 0 saturated carbocycles. The van der Waals surface area contributed by atoms with Crippen molar-refractivity contribution in [1.29, 1.82) is 0 Å². The molecule has 0 spiro atoms. The van der Waals surface area contributed by atoms with Gasteiger partial charge in [0.15, 0.2) is 0 Å². The van der Waals surface area contributed by atoms with E-state index in [0.717, 1.165) is 17.9 Å². The fourth-order valence-electron chi connectivity index (χ4n) is 2.40. The third-order valence-corrected chi connectivity index (χ3v) is 6.13. The molecule has 0 amide bonds. The minimum absolute atomic E-state index is 0.165. The van der Waals surface area contributed by atoms with Crippen LogP contribution in [0.2, 0.25) is 20.1 Å². The van der Waals surface area contributed by atoms with E-state index in [1.807, 2.05) is 22.9 Å². The molecule has 3 aromatic rings. The maximum Gasteiger partial charge on any atom is 0.138 e. The van der Waals surface area contributed by atoms with Gasteiger partial charge >= 0.3 is 0 Å². The maximum atomic E-state index is 6.29. The molecule has 8 heteroatoms. The smallest absolute Gasteiger partial charge is 0.138 e. The summed E-state index contributed by atoms with van der Waals surface area (Å²) >= 11 is 26.2. The fraction of sp³-hybridized carbons (Fsp3) is 0.211. The van der Waals surface area contributed by atoms with Gasteiger partial charge in [0.1, 0.15) is 12.4 Å². The number of ether oxygens (including phenoxy) is 1. The van der Waals surface area contributed by atoms with E-state index in [1.165, 1.54) is 0 Å². The molecular weight excluding hydrogens is 446 g/mol. The highest BCUT2D eigenvalue weighted by Crippen LogP contribution is 2.30. The molecule has 0 fully saturated rings. The van der Waals surface area contributed by atoms with Crippen molar-refractivity contribution in [2.24, 2.45) is 0 Å². The van der Waals surface area contributed by atoms with Crippen LogP contribution in [0.5, 0.6) is 5.75 Å². The summed E-state index contributed by atoms with van der Waals surface area (Å²) in [6.07, 6.45) is 5.48. The number of thioether (sulfide) groups is 1. The molecule has 27 heavy (non-hydrogen) atoms. The van der Waals surface area contributed by atoms with Crippen LogP contribution in [-0.4, -0.2) is 21.4 Å². The standard InChI is InChI=1S/C19H16Cl4N2OS/c20-14-2-1-13(17(22)7-14)11-27-16(9-25-6-5-24-12-25)10-26-19-4-3-15(21)8-18(19)23/h1-8,12,16H,9-11H2. The normalized spacial score (nSPS) is 12.1. The fourth-order valence-corrected chi connectivity index (χ4v) is 4.53. The van der Waals surface area contributed by atoms with Gasteiger partial charge in [-0.25, -0.2) is 4.98 Å². The number of hydrogen-bond acceptors (Lipinski definition) is 3. The SMILES string of the molecule is Clc1ccc(CSC(COc2ccc(Cl)cc2Cl)Cn2ccnc2)c(Cl)c1. The molecule has 142 valence electrons. The first-order valence-corrected chi connectivity index (χ1v) is 10.7. The molecule has 1 heterocycles. The molecule has 3 nitrogen and oxygen atoms in total. The van der Waals surface area contributed by atoms with Crippen LogP contribution in [0.4, 0.5) is 0 Å². The van der Waals surface area contributed by atoms with Crippen molar-refractivity contribution in [3.05, 3.63) is 80.8 Å². The second-order valence-corrected chi connectivity index (χ2v) is 8.79. The number of halogens is 4. The van der Waals surface area contributed by atoms with Crippen molar-refractivity contribution in [3.63, 3.8) is 0 Å². The Hall–Kier alpha value is -1.04. The van der Waals surface area contributed by atoms with E-state index < -0.39 is 0 Å². The monoisotopic (exact) mass is 460 g/mol. The van der Waals surface area contributed by atoms with Gasteiger partial charge in [-0.3, -0.25) is 0 Å². The van der Waals surface area contributed by atoms with Gasteiger partial charge < -0.3 is 9.30 Å². The average molecular weight is 462 g/mol. The van der Waals surface area contributed by atoms with Gasteiger partial charge in [0.25, 0.3) is 0 Å². The number of aromatic nitrogens is 2. The summed E-state index contributed by atoms with van der Waals surface area (Å²) in [6.45, 7) is 1.23. The molecular formula is C19H16Cl4N2OS. The Balaban J connectivity index is 1.66. The predicted molar refractivity (Wildman–Crippen MR) is 116 cm³/mol. The highest BCUT2D eigenvalue weighted by Gasteiger charge is 2.14. The summed E-state index contributed by atoms with van der Waals surface area (Å²) in [5.74, 6) is 1.36. The van der Waals surface area contributed by atoms with E-state index in [2.05, 4.69) is 4.98 Å². The lowest BCUT2D eigenvalue weighted by atomic mass is 10.2. The zero-order valence-corrected chi connectivity index (χ0v) is 18.0. The van der Waals surface area contributed by atoms with Gasteiger partial charge in [0, 0.05) is 39.8 Å². The third kappa shape index (κ3) is 6.23. The zero-order chi connectivity index (χ0) is 19.2. The molecule has 1 unspecified atom stereocenters. The predicted octanol–water partition coefficient (Wildman–Crippen LogP) is 6.88. The molecule has 0 N–H and O–H groups in total. The quantitative estimate of drug-likeness (QED) is 0.365. The highest BCUT2D eigenvalue weighted by molar-refractivity contribution is 7.99.